The minimum atomic E-state index is -0.511. The van der Waals surface area contributed by atoms with Crippen LogP contribution in [-0.4, -0.2) is 30.5 Å². The normalized spacial score (nSPS) is 10.6. The number of benzene rings is 3. The summed E-state index contributed by atoms with van der Waals surface area (Å²) in [5.74, 6) is -1.10. The van der Waals surface area contributed by atoms with Gasteiger partial charge in [0.25, 0.3) is 11.8 Å². The van der Waals surface area contributed by atoms with Crippen LogP contribution in [0.3, 0.4) is 0 Å². The Balaban J connectivity index is 1.60. The van der Waals surface area contributed by atoms with Crippen molar-refractivity contribution in [3.05, 3.63) is 97.9 Å². The Labute approximate surface area is 207 Å². The molecule has 0 spiro atoms. The highest BCUT2D eigenvalue weighted by atomic mass is 79.9. The van der Waals surface area contributed by atoms with E-state index in [0.29, 0.717) is 16.7 Å². The highest BCUT2D eigenvalue weighted by Gasteiger charge is 2.13. The molecule has 33 heavy (non-hydrogen) atoms. The number of rotatable bonds is 7. The van der Waals surface area contributed by atoms with Crippen molar-refractivity contribution in [3.8, 4) is 5.75 Å². The van der Waals surface area contributed by atoms with Crippen LogP contribution in [0.1, 0.15) is 31.8 Å². The highest BCUT2D eigenvalue weighted by molar-refractivity contribution is 9.10. The van der Waals surface area contributed by atoms with Gasteiger partial charge in [-0.1, -0.05) is 56.1 Å². The fraction of sp³-hybridized carbons (Fsp3) is 0.0833. The van der Waals surface area contributed by atoms with E-state index in [0.717, 1.165) is 14.5 Å². The maximum absolute atomic E-state index is 12.5. The molecule has 0 aliphatic carbocycles. The minimum Gasteiger partial charge on any atom is -0.422 e. The molecule has 3 rings (SSSR count). The first-order valence-electron chi connectivity index (χ1n) is 9.76. The van der Waals surface area contributed by atoms with Crippen molar-refractivity contribution in [2.75, 3.05) is 6.54 Å². The number of amides is 2. The van der Waals surface area contributed by atoms with Crippen molar-refractivity contribution < 1.29 is 19.1 Å². The minimum absolute atomic E-state index is 0.254. The average Bonchev–Trinajstić information content (AvgIpc) is 2.79. The van der Waals surface area contributed by atoms with Crippen LogP contribution >= 0.6 is 31.9 Å². The maximum Gasteiger partial charge on any atom is 0.343 e. The van der Waals surface area contributed by atoms with Crippen molar-refractivity contribution in [2.24, 2.45) is 5.10 Å². The SMILES string of the molecule is Cc1ccccc1C(=O)Oc1ccc(Br)cc1C=NNC(=O)CNC(=O)c1cccc(Br)c1. The third-order valence-electron chi connectivity index (χ3n) is 4.43. The summed E-state index contributed by atoms with van der Waals surface area (Å²) in [7, 11) is 0. The third kappa shape index (κ3) is 7.10. The fourth-order valence-electron chi connectivity index (χ4n) is 2.78. The van der Waals surface area contributed by atoms with Gasteiger partial charge >= 0.3 is 5.97 Å². The highest BCUT2D eigenvalue weighted by Crippen LogP contribution is 2.23. The Morgan fingerprint density at radius 3 is 2.48 bits per heavy atom. The van der Waals surface area contributed by atoms with E-state index < -0.39 is 11.9 Å². The fourth-order valence-corrected chi connectivity index (χ4v) is 3.55. The summed E-state index contributed by atoms with van der Waals surface area (Å²) in [5.41, 5.74) is 4.50. The molecule has 3 aromatic carbocycles. The lowest BCUT2D eigenvalue weighted by molar-refractivity contribution is -0.120. The topological polar surface area (TPSA) is 96.9 Å². The number of halogens is 2. The number of nitrogens with one attached hydrogen (secondary N) is 2. The molecular formula is C24H19Br2N3O4. The Morgan fingerprint density at radius 1 is 0.970 bits per heavy atom. The Morgan fingerprint density at radius 2 is 1.73 bits per heavy atom. The summed E-state index contributed by atoms with van der Waals surface area (Å²) in [4.78, 5) is 36.7. The lowest BCUT2D eigenvalue weighted by atomic mass is 10.1. The molecule has 2 N–H and O–H groups in total. The van der Waals surface area contributed by atoms with Crippen LogP contribution in [0.5, 0.6) is 5.75 Å². The molecule has 0 saturated carbocycles. The van der Waals surface area contributed by atoms with Gasteiger partial charge in [0.2, 0.25) is 0 Å². The zero-order valence-electron chi connectivity index (χ0n) is 17.5. The van der Waals surface area contributed by atoms with E-state index in [2.05, 4.69) is 47.7 Å². The predicted octanol–water partition coefficient (Wildman–Crippen LogP) is 4.62. The van der Waals surface area contributed by atoms with Crippen LogP contribution in [0.4, 0.5) is 0 Å². The summed E-state index contributed by atoms with van der Waals surface area (Å²) in [5, 5.41) is 6.43. The van der Waals surface area contributed by atoms with E-state index in [1.807, 2.05) is 19.1 Å². The van der Waals surface area contributed by atoms with Gasteiger partial charge in [-0.15, -0.1) is 0 Å². The van der Waals surface area contributed by atoms with Gasteiger partial charge in [-0.05, 0) is 55.0 Å². The Hall–Kier alpha value is -3.30. The molecule has 0 fully saturated rings. The second kappa shape index (κ2) is 11.5. The molecule has 7 nitrogen and oxygen atoms in total. The first-order valence-corrected chi connectivity index (χ1v) is 11.3. The third-order valence-corrected chi connectivity index (χ3v) is 5.42. The lowest BCUT2D eigenvalue weighted by Crippen LogP contribution is -2.34. The summed E-state index contributed by atoms with van der Waals surface area (Å²) in [6, 6.07) is 19.0. The predicted molar refractivity (Wildman–Crippen MR) is 132 cm³/mol. The van der Waals surface area contributed by atoms with E-state index in [4.69, 9.17) is 4.74 Å². The van der Waals surface area contributed by atoms with E-state index >= 15 is 0 Å². The zero-order valence-corrected chi connectivity index (χ0v) is 20.6. The van der Waals surface area contributed by atoms with Gasteiger partial charge < -0.3 is 10.1 Å². The molecule has 0 saturated heterocycles. The van der Waals surface area contributed by atoms with Crippen molar-refractivity contribution >= 4 is 55.9 Å². The molecule has 9 heteroatoms. The standard InChI is InChI=1S/C24H19Br2N3O4/c1-15-5-2-3-8-20(15)24(32)33-21-10-9-19(26)12-17(21)13-28-29-22(30)14-27-23(31)16-6-4-7-18(25)11-16/h2-13H,14H2,1H3,(H,27,31)(H,29,30). The van der Waals surface area contributed by atoms with Gasteiger partial charge in [0.05, 0.1) is 18.3 Å². The first kappa shape index (κ1) is 24.3. The van der Waals surface area contributed by atoms with Gasteiger partial charge in [-0.3, -0.25) is 9.59 Å². The van der Waals surface area contributed by atoms with E-state index in [1.54, 1.807) is 54.6 Å². The van der Waals surface area contributed by atoms with Crippen LogP contribution in [0, 0.1) is 6.92 Å². The average molecular weight is 573 g/mol. The van der Waals surface area contributed by atoms with E-state index in [9.17, 15) is 14.4 Å². The van der Waals surface area contributed by atoms with Crippen LogP contribution in [-0.2, 0) is 4.79 Å². The van der Waals surface area contributed by atoms with Crippen LogP contribution in [0.25, 0.3) is 0 Å². The number of hydrogen-bond donors (Lipinski definition) is 2. The first-order chi connectivity index (χ1) is 15.8. The molecule has 0 bridgehead atoms. The molecule has 0 unspecified atom stereocenters. The number of hydrogen-bond acceptors (Lipinski definition) is 5. The van der Waals surface area contributed by atoms with Crippen molar-refractivity contribution in [2.45, 2.75) is 6.92 Å². The molecule has 0 aliphatic heterocycles. The quantitative estimate of drug-likeness (QED) is 0.187. The number of carbonyl (C=O) groups excluding carboxylic acids is 3. The molecule has 0 atom stereocenters. The largest absolute Gasteiger partial charge is 0.422 e. The van der Waals surface area contributed by atoms with Gasteiger partial charge in [0.15, 0.2) is 0 Å². The Kier molecular flexibility index (Phi) is 8.51. The van der Waals surface area contributed by atoms with Crippen LogP contribution < -0.4 is 15.5 Å². The number of nitrogens with zero attached hydrogens (tertiary/aromatic N) is 1. The van der Waals surface area contributed by atoms with Gasteiger partial charge in [-0.2, -0.15) is 5.10 Å². The lowest BCUT2D eigenvalue weighted by Gasteiger charge is -2.09. The molecular weight excluding hydrogens is 554 g/mol. The van der Waals surface area contributed by atoms with Crippen molar-refractivity contribution in [1.82, 2.24) is 10.7 Å². The molecule has 3 aromatic rings. The monoisotopic (exact) mass is 571 g/mol. The number of carbonyl (C=O) groups is 3. The zero-order chi connectivity index (χ0) is 23.8. The van der Waals surface area contributed by atoms with Crippen molar-refractivity contribution in [1.29, 1.82) is 0 Å². The number of ether oxygens (including phenoxy) is 1. The summed E-state index contributed by atoms with van der Waals surface area (Å²) in [6.07, 6.45) is 1.36. The summed E-state index contributed by atoms with van der Waals surface area (Å²) >= 11 is 6.66. The second-order valence-electron chi connectivity index (χ2n) is 6.87. The van der Waals surface area contributed by atoms with E-state index in [1.165, 1.54) is 6.21 Å². The second-order valence-corrected chi connectivity index (χ2v) is 8.70. The summed E-state index contributed by atoms with van der Waals surface area (Å²) < 4.78 is 7.04. The van der Waals surface area contributed by atoms with Gasteiger partial charge in [0.1, 0.15) is 5.75 Å². The van der Waals surface area contributed by atoms with E-state index in [-0.39, 0.29) is 18.2 Å². The van der Waals surface area contributed by atoms with Crippen LogP contribution in [0.2, 0.25) is 0 Å². The molecule has 0 radical (unpaired) electrons. The van der Waals surface area contributed by atoms with Gasteiger partial charge in [0, 0.05) is 20.1 Å². The number of hydrazone groups is 1. The molecule has 0 heterocycles. The van der Waals surface area contributed by atoms with Crippen LogP contribution in [0.15, 0.2) is 80.8 Å². The van der Waals surface area contributed by atoms with Crippen molar-refractivity contribution in [3.63, 3.8) is 0 Å². The molecule has 0 aliphatic rings. The Bertz CT molecular complexity index is 1230. The molecule has 168 valence electrons. The number of esters is 1. The van der Waals surface area contributed by atoms with Gasteiger partial charge in [-0.25, -0.2) is 10.2 Å². The maximum atomic E-state index is 12.5. The number of aryl methyl sites for hydroxylation is 1. The molecule has 0 aromatic heterocycles. The summed E-state index contributed by atoms with van der Waals surface area (Å²) in [6.45, 7) is 1.57. The molecule has 2 amide bonds. The smallest absolute Gasteiger partial charge is 0.343 e.